The summed E-state index contributed by atoms with van der Waals surface area (Å²) >= 11 is 0. The van der Waals surface area contributed by atoms with Crippen molar-refractivity contribution in [2.75, 3.05) is 0 Å². The number of carbonyl (C=O) groups is 1. The first kappa shape index (κ1) is 14.3. The third-order valence-electron chi connectivity index (χ3n) is 4.45. The molecule has 1 aliphatic rings. The molecule has 0 aliphatic heterocycles. The highest BCUT2D eigenvalue weighted by Crippen LogP contribution is 2.28. The number of carbonyl (C=O) groups excluding carboxylic acids is 1. The number of hydrogen-bond acceptors (Lipinski definition) is 3. The standard InChI is InChI=1S/C21H14N2O/c22-12-16-8-4-7-15-9-17-10-18(14-5-2-1-3-6-14)13-23-21(17)20(24)11-19(15)16/h1-8,10,13H,9,11H2. The Bertz CT molecular complexity index is 984. The second-order valence-corrected chi connectivity index (χ2v) is 5.93. The minimum atomic E-state index is -0.0222. The lowest BCUT2D eigenvalue weighted by molar-refractivity contribution is 0.0988. The van der Waals surface area contributed by atoms with Crippen LogP contribution in [-0.4, -0.2) is 10.8 Å². The predicted octanol–water partition coefficient (Wildman–Crippen LogP) is 3.95. The molecule has 0 unspecified atom stereocenters. The molecule has 0 radical (unpaired) electrons. The molecular weight excluding hydrogens is 296 g/mol. The fraction of sp³-hybridized carbons (Fsp3) is 0.0952. The van der Waals surface area contributed by atoms with Crippen molar-refractivity contribution in [1.82, 2.24) is 4.98 Å². The van der Waals surface area contributed by atoms with Crippen LogP contribution in [0.15, 0.2) is 60.8 Å². The monoisotopic (exact) mass is 310 g/mol. The topological polar surface area (TPSA) is 53.8 Å². The average molecular weight is 310 g/mol. The third-order valence-corrected chi connectivity index (χ3v) is 4.45. The minimum absolute atomic E-state index is 0.0222. The molecule has 24 heavy (non-hydrogen) atoms. The predicted molar refractivity (Wildman–Crippen MR) is 91.7 cm³/mol. The lowest BCUT2D eigenvalue weighted by Crippen LogP contribution is -2.07. The normalized spacial score (nSPS) is 12.7. The third kappa shape index (κ3) is 2.39. The fourth-order valence-electron chi connectivity index (χ4n) is 3.25. The molecule has 114 valence electrons. The van der Waals surface area contributed by atoms with Gasteiger partial charge in [-0.1, -0.05) is 42.5 Å². The molecule has 0 saturated heterocycles. The fourth-order valence-corrected chi connectivity index (χ4v) is 3.25. The quantitative estimate of drug-likeness (QED) is 0.684. The average Bonchev–Trinajstić information content (AvgIpc) is 2.77. The molecule has 0 bridgehead atoms. The van der Waals surface area contributed by atoms with E-state index in [9.17, 15) is 10.1 Å². The summed E-state index contributed by atoms with van der Waals surface area (Å²) in [5.41, 5.74) is 5.98. The highest BCUT2D eigenvalue weighted by molar-refractivity contribution is 5.98. The Hall–Kier alpha value is -3.25. The number of benzene rings is 2. The van der Waals surface area contributed by atoms with Gasteiger partial charge in [0.25, 0.3) is 0 Å². The van der Waals surface area contributed by atoms with E-state index < -0.39 is 0 Å². The molecule has 0 amide bonds. The zero-order chi connectivity index (χ0) is 16.5. The van der Waals surface area contributed by atoms with Gasteiger partial charge in [-0.3, -0.25) is 9.78 Å². The van der Waals surface area contributed by atoms with Gasteiger partial charge in [0.2, 0.25) is 0 Å². The number of nitriles is 1. The Kier molecular flexibility index (Phi) is 3.44. The zero-order valence-corrected chi connectivity index (χ0v) is 13.0. The lowest BCUT2D eigenvalue weighted by Gasteiger charge is -2.08. The van der Waals surface area contributed by atoms with Crippen molar-refractivity contribution in [1.29, 1.82) is 5.26 Å². The largest absolute Gasteiger partial charge is 0.292 e. The number of fused-ring (bicyclic) bond motifs is 2. The van der Waals surface area contributed by atoms with Crippen LogP contribution in [0.2, 0.25) is 0 Å². The molecule has 0 saturated carbocycles. The van der Waals surface area contributed by atoms with Gasteiger partial charge in [-0.2, -0.15) is 5.26 Å². The van der Waals surface area contributed by atoms with E-state index in [-0.39, 0.29) is 12.2 Å². The van der Waals surface area contributed by atoms with Gasteiger partial charge < -0.3 is 0 Å². The molecule has 0 atom stereocenters. The van der Waals surface area contributed by atoms with Gasteiger partial charge in [0.1, 0.15) is 5.69 Å². The molecule has 3 nitrogen and oxygen atoms in total. The van der Waals surface area contributed by atoms with Crippen LogP contribution >= 0.6 is 0 Å². The maximum atomic E-state index is 12.6. The molecule has 0 N–H and O–H groups in total. The number of hydrogen-bond donors (Lipinski definition) is 0. The molecule has 2 aromatic carbocycles. The Labute approximate surface area is 140 Å². The van der Waals surface area contributed by atoms with Crippen molar-refractivity contribution in [2.45, 2.75) is 12.8 Å². The maximum absolute atomic E-state index is 12.6. The van der Waals surface area contributed by atoms with Crippen LogP contribution in [-0.2, 0) is 12.8 Å². The van der Waals surface area contributed by atoms with Gasteiger partial charge in [-0.15, -0.1) is 0 Å². The summed E-state index contributed by atoms with van der Waals surface area (Å²) in [6.45, 7) is 0. The van der Waals surface area contributed by atoms with E-state index in [1.54, 1.807) is 12.3 Å². The van der Waals surface area contributed by atoms with Crippen molar-refractivity contribution in [2.24, 2.45) is 0 Å². The minimum Gasteiger partial charge on any atom is -0.292 e. The SMILES string of the molecule is N#Cc1cccc2c1CC(=O)c1ncc(-c3ccccc3)cc1C2. The van der Waals surface area contributed by atoms with Crippen LogP contribution in [0.5, 0.6) is 0 Å². The van der Waals surface area contributed by atoms with Crippen LogP contribution in [0.1, 0.15) is 32.7 Å². The molecule has 3 heteroatoms. The second-order valence-electron chi connectivity index (χ2n) is 5.93. The Morgan fingerprint density at radius 1 is 0.917 bits per heavy atom. The first-order valence-corrected chi connectivity index (χ1v) is 7.84. The van der Waals surface area contributed by atoms with E-state index in [0.29, 0.717) is 17.7 Å². The molecule has 0 fully saturated rings. The van der Waals surface area contributed by atoms with Crippen LogP contribution in [0, 0.1) is 11.3 Å². The van der Waals surface area contributed by atoms with Gasteiger partial charge in [0, 0.05) is 24.6 Å². The maximum Gasteiger partial charge on any atom is 0.185 e. The second kappa shape index (κ2) is 5.75. The van der Waals surface area contributed by atoms with Crippen molar-refractivity contribution >= 4 is 5.78 Å². The molecular formula is C21H14N2O. The van der Waals surface area contributed by atoms with Crippen molar-refractivity contribution < 1.29 is 4.79 Å². The first-order chi connectivity index (χ1) is 11.8. The molecule has 1 heterocycles. The zero-order valence-electron chi connectivity index (χ0n) is 13.0. The summed E-state index contributed by atoms with van der Waals surface area (Å²) in [5.74, 6) is -0.0222. The summed E-state index contributed by atoms with van der Waals surface area (Å²) in [6.07, 6.45) is 2.62. The summed E-state index contributed by atoms with van der Waals surface area (Å²) in [4.78, 5) is 17.1. The molecule has 1 aromatic heterocycles. The summed E-state index contributed by atoms with van der Waals surface area (Å²) < 4.78 is 0. The molecule has 0 spiro atoms. The van der Waals surface area contributed by atoms with Crippen LogP contribution in [0.25, 0.3) is 11.1 Å². The Balaban J connectivity index is 1.85. The van der Waals surface area contributed by atoms with E-state index in [0.717, 1.165) is 27.8 Å². The van der Waals surface area contributed by atoms with E-state index in [1.165, 1.54) is 0 Å². The van der Waals surface area contributed by atoms with E-state index in [1.807, 2.05) is 48.5 Å². The highest BCUT2D eigenvalue weighted by Gasteiger charge is 2.23. The molecule has 4 rings (SSSR count). The van der Waals surface area contributed by atoms with Crippen molar-refractivity contribution in [3.63, 3.8) is 0 Å². The number of pyridine rings is 1. The van der Waals surface area contributed by atoms with E-state index in [4.69, 9.17) is 0 Å². The Morgan fingerprint density at radius 3 is 2.54 bits per heavy atom. The highest BCUT2D eigenvalue weighted by atomic mass is 16.1. The van der Waals surface area contributed by atoms with Crippen LogP contribution in [0.3, 0.4) is 0 Å². The van der Waals surface area contributed by atoms with Crippen LogP contribution in [0.4, 0.5) is 0 Å². The van der Waals surface area contributed by atoms with Crippen molar-refractivity contribution in [3.05, 3.63) is 88.7 Å². The van der Waals surface area contributed by atoms with Gasteiger partial charge >= 0.3 is 0 Å². The van der Waals surface area contributed by atoms with Gasteiger partial charge in [0.15, 0.2) is 5.78 Å². The van der Waals surface area contributed by atoms with Crippen LogP contribution < -0.4 is 0 Å². The summed E-state index contributed by atoms with van der Waals surface area (Å²) in [6, 6.07) is 19.9. The Morgan fingerprint density at radius 2 is 1.75 bits per heavy atom. The first-order valence-electron chi connectivity index (χ1n) is 7.84. The van der Waals surface area contributed by atoms with E-state index >= 15 is 0 Å². The van der Waals surface area contributed by atoms with Gasteiger partial charge in [-0.25, -0.2) is 0 Å². The van der Waals surface area contributed by atoms with Gasteiger partial charge in [-0.05, 0) is 34.4 Å². The molecule has 1 aliphatic carbocycles. The number of aromatic nitrogens is 1. The number of ketones is 1. The smallest absolute Gasteiger partial charge is 0.185 e. The van der Waals surface area contributed by atoms with Gasteiger partial charge in [0.05, 0.1) is 11.6 Å². The summed E-state index contributed by atoms with van der Waals surface area (Å²) in [5, 5.41) is 9.30. The summed E-state index contributed by atoms with van der Waals surface area (Å²) in [7, 11) is 0. The van der Waals surface area contributed by atoms with Crippen molar-refractivity contribution in [3.8, 4) is 17.2 Å². The number of nitrogens with zero attached hydrogens (tertiary/aromatic N) is 2. The number of rotatable bonds is 1. The molecule has 3 aromatic rings. The van der Waals surface area contributed by atoms with E-state index in [2.05, 4.69) is 11.1 Å². The lowest BCUT2D eigenvalue weighted by atomic mass is 9.96. The number of Topliss-reactive ketones (excluding diaryl/α,β-unsaturated/α-hetero) is 1.